The second-order valence-electron chi connectivity index (χ2n) is 13.2. The van der Waals surface area contributed by atoms with Crippen LogP contribution in [0.1, 0.15) is 206 Å². The van der Waals surface area contributed by atoms with Gasteiger partial charge >= 0.3 is 0 Å². The molecule has 0 aromatic rings. The van der Waals surface area contributed by atoms with Gasteiger partial charge in [0.05, 0.1) is 25.4 Å². The average molecular weight is 607 g/mol. The molecule has 0 aliphatic heterocycles. The van der Waals surface area contributed by atoms with Crippen LogP contribution in [0.4, 0.5) is 0 Å². The average Bonchev–Trinajstić information content (AvgIpc) is 3.02. The smallest absolute Gasteiger partial charge is 0.0612 e. The minimum Gasteiger partial charge on any atom is -0.392 e. The van der Waals surface area contributed by atoms with E-state index in [4.69, 9.17) is 14.9 Å². The standard InChI is InChI=1S/C40H78O3/c1-3-5-7-27-33-39(35-29-23-19-15-11-9-13-17-21-25-31-37-41)43-40(34-28-8-6-4-2)36-30-24-20-16-12-10-14-18-22-26-32-38-42/h25-26,31-32,39-42H,3-24,27-30,33-38H2,1-2H3. The summed E-state index contributed by atoms with van der Waals surface area (Å²) < 4.78 is 6.97. The molecule has 43 heavy (non-hydrogen) atoms. The molecule has 0 saturated carbocycles. The molecule has 3 heteroatoms. The third-order valence-corrected chi connectivity index (χ3v) is 8.98. The van der Waals surface area contributed by atoms with Gasteiger partial charge in [-0.3, -0.25) is 0 Å². The van der Waals surface area contributed by atoms with Crippen molar-refractivity contribution in [3.05, 3.63) is 24.3 Å². The zero-order chi connectivity index (χ0) is 31.3. The van der Waals surface area contributed by atoms with E-state index in [9.17, 15) is 0 Å². The van der Waals surface area contributed by atoms with Crippen LogP contribution in [0.2, 0.25) is 0 Å². The molecule has 0 saturated heterocycles. The number of unbranched alkanes of at least 4 members (excludes halogenated alkanes) is 22. The predicted octanol–water partition coefficient (Wildman–Crippen LogP) is 12.6. The van der Waals surface area contributed by atoms with E-state index in [-0.39, 0.29) is 13.2 Å². The Labute approximate surface area is 270 Å². The Balaban J connectivity index is 4.36. The van der Waals surface area contributed by atoms with Crippen molar-refractivity contribution in [2.45, 2.75) is 219 Å². The van der Waals surface area contributed by atoms with Gasteiger partial charge in [0.15, 0.2) is 0 Å². The number of hydrogen-bond donors (Lipinski definition) is 2. The zero-order valence-corrected chi connectivity index (χ0v) is 29.4. The van der Waals surface area contributed by atoms with Crippen LogP contribution in [-0.2, 0) is 4.74 Å². The van der Waals surface area contributed by atoms with Gasteiger partial charge < -0.3 is 14.9 Å². The maximum Gasteiger partial charge on any atom is 0.0612 e. The minimum absolute atomic E-state index is 0.178. The number of ether oxygens (including phenoxy) is 1. The third-order valence-electron chi connectivity index (χ3n) is 8.98. The molecule has 0 heterocycles. The molecular formula is C40H78O3. The first-order valence-corrected chi connectivity index (χ1v) is 19.5. The van der Waals surface area contributed by atoms with Crippen molar-refractivity contribution < 1.29 is 14.9 Å². The van der Waals surface area contributed by atoms with Crippen molar-refractivity contribution in [1.29, 1.82) is 0 Å². The van der Waals surface area contributed by atoms with E-state index >= 15 is 0 Å². The SMILES string of the molecule is CCCCCCC(CCCCCCCCCCC=CCO)OC(CCCCCC)CCCCCCCCCCC=CCO. The fourth-order valence-corrected chi connectivity index (χ4v) is 6.21. The highest BCUT2D eigenvalue weighted by atomic mass is 16.5. The van der Waals surface area contributed by atoms with Gasteiger partial charge in [-0.05, 0) is 51.4 Å². The van der Waals surface area contributed by atoms with Crippen molar-refractivity contribution in [2.24, 2.45) is 0 Å². The van der Waals surface area contributed by atoms with Crippen molar-refractivity contribution in [2.75, 3.05) is 13.2 Å². The lowest BCUT2D eigenvalue weighted by atomic mass is 9.99. The van der Waals surface area contributed by atoms with Crippen LogP contribution >= 0.6 is 0 Å². The first-order chi connectivity index (χ1) is 21.3. The molecule has 256 valence electrons. The molecular weight excluding hydrogens is 528 g/mol. The van der Waals surface area contributed by atoms with Crippen molar-refractivity contribution in [3.8, 4) is 0 Å². The summed E-state index contributed by atoms with van der Waals surface area (Å²) in [4.78, 5) is 0. The van der Waals surface area contributed by atoms with Crippen LogP contribution in [0.15, 0.2) is 24.3 Å². The largest absolute Gasteiger partial charge is 0.392 e. The highest BCUT2D eigenvalue weighted by Crippen LogP contribution is 2.23. The summed E-state index contributed by atoms with van der Waals surface area (Å²) in [6.45, 7) is 4.98. The summed E-state index contributed by atoms with van der Waals surface area (Å²) in [5.41, 5.74) is 0. The molecule has 0 rings (SSSR count). The van der Waals surface area contributed by atoms with Gasteiger partial charge in [0.25, 0.3) is 0 Å². The second-order valence-corrected chi connectivity index (χ2v) is 13.2. The maximum absolute atomic E-state index is 8.80. The Morgan fingerprint density at radius 3 is 0.953 bits per heavy atom. The molecule has 0 radical (unpaired) electrons. The predicted molar refractivity (Wildman–Crippen MR) is 191 cm³/mol. The quantitative estimate of drug-likeness (QED) is 0.0551. The van der Waals surface area contributed by atoms with Gasteiger partial charge in [0, 0.05) is 0 Å². The Kier molecular flexibility index (Phi) is 37.0. The molecule has 0 aromatic carbocycles. The van der Waals surface area contributed by atoms with Crippen molar-refractivity contribution >= 4 is 0 Å². The minimum atomic E-state index is 0.178. The van der Waals surface area contributed by atoms with Gasteiger partial charge in [-0.1, -0.05) is 179 Å². The molecule has 2 atom stereocenters. The number of hydrogen-bond acceptors (Lipinski definition) is 3. The van der Waals surface area contributed by atoms with E-state index in [2.05, 4.69) is 26.0 Å². The fourth-order valence-electron chi connectivity index (χ4n) is 6.21. The van der Waals surface area contributed by atoms with E-state index in [1.165, 1.54) is 180 Å². The lowest BCUT2D eigenvalue weighted by molar-refractivity contribution is -0.0324. The van der Waals surface area contributed by atoms with Gasteiger partial charge in [-0.25, -0.2) is 0 Å². The van der Waals surface area contributed by atoms with Crippen LogP contribution in [-0.4, -0.2) is 35.6 Å². The van der Waals surface area contributed by atoms with E-state index in [1.54, 1.807) is 0 Å². The fraction of sp³-hybridized carbons (Fsp3) is 0.900. The van der Waals surface area contributed by atoms with E-state index in [1.807, 2.05) is 12.2 Å². The van der Waals surface area contributed by atoms with Gasteiger partial charge in [-0.2, -0.15) is 0 Å². The monoisotopic (exact) mass is 607 g/mol. The Bertz CT molecular complexity index is 510. The number of aliphatic hydroxyl groups excluding tert-OH is 2. The lowest BCUT2D eigenvalue weighted by Crippen LogP contribution is -2.23. The molecule has 0 spiro atoms. The van der Waals surface area contributed by atoms with E-state index in [0.29, 0.717) is 12.2 Å². The van der Waals surface area contributed by atoms with Gasteiger partial charge in [0.2, 0.25) is 0 Å². The molecule has 0 aliphatic carbocycles. The normalized spacial score (nSPS) is 13.5. The molecule has 0 amide bonds. The summed E-state index contributed by atoms with van der Waals surface area (Å²) in [6.07, 6.45) is 48.6. The zero-order valence-electron chi connectivity index (χ0n) is 29.4. The molecule has 3 nitrogen and oxygen atoms in total. The van der Waals surface area contributed by atoms with Crippen LogP contribution in [0, 0.1) is 0 Å². The second kappa shape index (κ2) is 37.5. The Morgan fingerprint density at radius 1 is 0.372 bits per heavy atom. The van der Waals surface area contributed by atoms with Crippen LogP contribution in [0.3, 0.4) is 0 Å². The molecule has 0 fully saturated rings. The van der Waals surface area contributed by atoms with Gasteiger partial charge in [0.1, 0.15) is 0 Å². The summed E-state index contributed by atoms with van der Waals surface area (Å²) in [5, 5.41) is 17.6. The maximum atomic E-state index is 8.80. The third kappa shape index (κ3) is 34.1. The van der Waals surface area contributed by atoms with E-state index < -0.39 is 0 Å². The highest BCUT2D eigenvalue weighted by molar-refractivity contribution is 4.80. The highest BCUT2D eigenvalue weighted by Gasteiger charge is 2.16. The molecule has 0 aromatic heterocycles. The summed E-state index contributed by atoms with van der Waals surface area (Å²) in [6, 6.07) is 0. The molecule has 0 bridgehead atoms. The Hall–Kier alpha value is -0.640. The molecule has 2 N–H and O–H groups in total. The summed E-state index contributed by atoms with van der Waals surface area (Å²) >= 11 is 0. The van der Waals surface area contributed by atoms with Crippen LogP contribution in [0.5, 0.6) is 0 Å². The van der Waals surface area contributed by atoms with Crippen molar-refractivity contribution in [1.82, 2.24) is 0 Å². The summed E-state index contributed by atoms with van der Waals surface area (Å²) in [7, 11) is 0. The van der Waals surface area contributed by atoms with Gasteiger partial charge in [-0.15, -0.1) is 0 Å². The number of rotatable bonds is 36. The van der Waals surface area contributed by atoms with Crippen LogP contribution < -0.4 is 0 Å². The summed E-state index contributed by atoms with van der Waals surface area (Å²) in [5.74, 6) is 0. The van der Waals surface area contributed by atoms with Crippen molar-refractivity contribution in [3.63, 3.8) is 0 Å². The van der Waals surface area contributed by atoms with Crippen LogP contribution in [0.25, 0.3) is 0 Å². The molecule has 0 aliphatic rings. The Morgan fingerprint density at radius 2 is 0.651 bits per heavy atom. The first kappa shape index (κ1) is 42.4. The van der Waals surface area contributed by atoms with E-state index in [0.717, 1.165) is 12.8 Å². The molecule has 2 unspecified atom stereocenters. The topological polar surface area (TPSA) is 49.7 Å². The number of aliphatic hydroxyl groups is 2. The lowest BCUT2D eigenvalue weighted by Gasteiger charge is -2.26. The number of allylic oxidation sites excluding steroid dienone is 2. The first-order valence-electron chi connectivity index (χ1n) is 19.5.